The number of piperidine rings is 1. The van der Waals surface area contributed by atoms with Gasteiger partial charge in [-0.25, -0.2) is 15.0 Å². The summed E-state index contributed by atoms with van der Waals surface area (Å²) < 4.78 is 1.93. The quantitative estimate of drug-likeness (QED) is 0.286. The van der Waals surface area contributed by atoms with E-state index in [-0.39, 0.29) is 6.04 Å². The van der Waals surface area contributed by atoms with Crippen molar-refractivity contribution < 1.29 is 0 Å². The molecule has 9 nitrogen and oxygen atoms in total. The van der Waals surface area contributed by atoms with E-state index < -0.39 is 0 Å². The highest BCUT2D eigenvalue weighted by Gasteiger charge is 2.33. The molecule has 4 aromatic heterocycles. The molecule has 1 aliphatic rings. The number of thioether (sulfide) groups is 1. The van der Waals surface area contributed by atoms with Crippen LogP contribution in [0.2, 0.25) is 5.02 Å². The number of likely N-dealkylation sites (N-methyl/N-ethyl adjacent to an activating group) is 1. The minimum absolute atomic E-state index is 0.266. The first kappa shape index (κ1) is 24.9. The molecule has 0 unspecified atom stereocenters. The molecule has 38 heavy (non-hydrogen) atoms. The van der Waals surface area contributed by atoms with Crippen LogP contribution < -0.4 is 9.80 Å². The van der Waals surface area contributed by atoms with E-state index in [0.29, 0.717) is 16.9 Å². The Hall–Kier alpha value is -3.37. The lowest BCUT2D eigenvalue weighted by Gasteiger charge is -2.43. The maximum atomic E-state index is 6.04. The number of halogens is 1. The zero-order valence-corrected chi connectivity index (χ0v) is 23.5. The van der Waals surface area contributed by atoms with Gasteiger partial charge >= 0.3 is 0 Å². The molecule has 0 spiro atoms. The van der Waals surface area contributed by atoms with Crippen molar-refractivity contribution in [1.29, 1.82) is 0 Å². The van der Waals surface area contributed by atoms with Gasteiger partial charge in [0.2, 0.25) is 5.16 Å². The van der Waals surface area contributed by atoms with E-state index in [1.807, 2.05) is 48.0 Å². The van der Waals surface area contributed by atoms with Gasteiger partial charge in [-0.3, -0.25) is 0 Å². The number of anilines is 2. The molecule has 0 bridgehead atoms. The smallest absolute Gasteiger partial charge is 0.255 e. The van der Waals surface area contributed by atoms with Gasteiger partial charge in [0.05, 0.1) is 11.4 Å². The lowest BCUT2D eigenvalue weighted by molar-refractivity contribution is 0.364. The van der Waals surface area contributed by atoms with Crippen molar-refractivity contribution in [3.8, 4) is 0 Å². The van der Waals surface area contributed by atoms with Crippen LogP contribution >= 0.6 is 23.4 Å². The van der Waals surface area contributed by atoms with Crippen molar-refractivity contribution in [2.75, 3.05) is 29.9 Å². The Labute approximate surface area is 230 Å². The van der Waals surface area contributed by atoms with E-state index in [2.05, 4.69) is 45.6 Å². The number of nitrogens with zero attached hydrogens (tertiary/aromatic N) is 8. The first-order chi connectivity index (χ1) is 18.4. The summed E-state index contributed by atoms with van der Waals surface area (Å²) in [6.07, 6.45) is 4.61. The number of hydrogen-bond acceptors (Lipinski definition) is 8. The molecule has 6 rings (SSSR count). The molecular weight excluding hydrogens is 518 g/mol. The minimum Gasteiger partial charge on any atom is -0.354 e. The Kier molecular flexibility index (Phi) is 6.61. The second-order valence-electron chi connectivity index (χ2n) is 9.99. The largest absolute Gasteiger partial charge is 0.354 e. The van der Waals surface area contributed by atoms with Crippen LogP contribution in [0.3, 0.4) is 0 Å². The highest BCUT2D eigenvalue weighted by atomic mass is 35.5. The molecule has 1 fully saturated rings. The maximum Gasteiger partial charge on any atom is 0.255 e. The summed E-state index contributed by atoms with van der Waals surface area (Å²) in [4.78, 5) is 26.5. The molecule has 1 aliphatic heterocycles. The van der Waals surface area contributed by atoms with Gasteiger partial charge in [0.25, 0.3) is 5.78 Å². The summed E-state index contributed by atoms with van der Waals surface area (Å²) in [6, 6.07) is 10.2. The molecule has 1 saturated heterocycles. The fourth-order valence-electron chi connectivity index (χ4n) is 5.26. The molecule has 0 amide bonds. The van der Waals surface area contributed by atoms with E-state index in [1.54, 1.807) is 18.1 Å². The fourth-order valence-corrected chi connectivity index (χ4v) is 6.16. The van der Waals surface area contributed by atoms with Gasteiger partial charge in [0, 0.05) is 48.4 Å². The van der Waals surface area contributed by atoms with E-state index in [4.69, 9.17) is 26.7 Å². The van der Waals surface area contributed by atoms with Crippen molar-refractivity contribution >= 4 is 51.8 Å². The van der Waals surface area contributed by atoms with Crippen LogP contribution in [-0.2, 0) is 5.75 Å². The first-order valence-electron chi connectivity index (χ1n) is 12.8. The summed E-state index contributed by atoms with van der Waals surface area (Å²) in [6.45, 7) is 8.30. The van der Waals surface area contributed by atoms with Gasteiger partial charge in [-0.1, -0.05) is 42.4 Å². The van der Waals surface area contributed by atoms with Crippen LogP contribution in [0.15, 0.2) is 48.0 Å². The molecule has 2 atom stereocenters. The van der Waals surface area contributed by atoms with Gasteiger partial charge in [-0.05, 0) is 49.9 Å². The molecule has 0 saturated carbocycles. The average Bonchev–Trinajstić information content (AvgIpc) is 3.56. The van der Waals surface area contributed by atoms with E-state index in [1.165, 1.54) is 5.56 Å². The zero-order valence-electron chi connectivity index (χ0n) is 21.9. The third-order valence-corrected chi connectivity index (χ3v) is 8.74. The monoisotopic (exact) mass is 547 g/mol. The number of aryl methyl sites for hydroxylation is 1. The highest BCUT2D eigenvalue weighted by molar-refractivity contribution is 7.98. The zero-order chi connectivity index (χ0) is 26.4. The van der Waals surface area contributed by atoms with E-state index in [0.717, 1.165) is 64.2 Å². The molecule has 1 aromatic carbocycles. The van der Waals surface area contributed by atoms with Crippen LogP contribution in [0.25, 0.3) is 16.8 Å². The third-order valence-electron chi connectivity index (χ3n) is 7.58. The highest BCUT2D eigenvalue weighted by Crippen LogP contribution is 2.33. The van der Waals surface area contributed by atoms with E-state index >= 15 is 0 Å². The summed E-state index contributed by atoms with van der Waals surface area (Å²) in [7, 11) is 2.14. The predicted octanol–water partition coefficient (Wildman–Crippen LogP) is 5.31. The lowest BCUT2D eigenvalue weighted by atomic mass is 9.92. The second-order valence-corrected chi connectivity index (χ2v) is 11.4. The predicted molar refractivity (Wildman–Crippen MR) is 153 cm³/mol. The SMILES string of the molecule is Cc1nc2nc(SCc3ccc(Cl)cc3)nn2c(N2CC[C@@H](C)[C@@H](N(C)c3ncnc4[nH]ccc34)C2)c1C. The van der Waals surface area contributed by atoms with Crippen LogP contribution in [0, 0.1) is 19.8 Å². The van der Waals surface area contributed by atoms with E-state index in [9.17, 15) is 0 Å². The third kappa shape index (κ3) is 4.56. The summed E-state index contributed by atoms with van der Waals surface area (Å²) in [5.74, 6) is 3.92. The number of H-pyrrole nitrogens is 1. The Morgan fingerprint density at radius 3 is 2.76 bits per heavy atom. The maximum absolute atomic E-state index is 6.04. The summed E-state index contributed by atoms with van der Waals surface area (Å²) >= 11 is 7.65. The first-order valence-corrected chi connectivity index (χ1v) is 14.1. The van der Waals surface area contributed by atoms with Crippen molar-refractivity contribution in [1.82, 2.24) is 34.5 Å². The van der Waals surface area contributed by atoms with Gasteiger partial charge in [0.15, 0.2) is 0 Å². The number of nitrogens with one attached hydrogen (secondary N) is 1. The summed E-state index contributed by atoms with van der Waals surface area (Å²) in [5, 5.41) is 7.40. The minimum atomic E-state index is 0.266. The molecule has 0 radical (unpaired) electrons. The number of aromatic amines is 1. The van der Waals surface area contributed by atoms with Gasteiger partial charge in [-0.2, -0.15) is 9.50 Å². The Bertz CT molecular complexity index is 1600. The second kappa shape index (κ2) is 10.1. The molecule has 5 heterocycles. The molecule has 0 aliphatic carbocycles. The molecule has 1 N–H and O–H groups in total. The van der Waals surface area contributed by atoms with Gasteiger partial charge in [-0.15, -0.1) is 5.10 Å². The average molecular weight is 548 g/mol. The molecule has 5 aromatic rings. The molecule has 196 valence electrons. The van der Waals surface area contributed by atoms with Crippen LogP contribution in [-0.4, -0.2) is 60.7 Å². The van der Waals surface area contributed by atoms with Gasteiger partial charge in [0.1, 0.15) is 23.6 Å². The number of hydrogen-bond donors (Lipinski definition) is 1. The number of rotatable bonds is 6. The van der Waals surface area contributed by atoms with Crippen molar-refractivity contribution in [3.63, 3.8) is 0 Å². The van der Waals surface area contributed by atoms with Crippen LogP contribution in [0.1, 0.15) is 30.2 Å². The lowest BCUT2D eigenvalue weighted by Crippen LogP contribution is -2.52. The fraction of sp³-hybridized carbons (Fsp3) is 0.370. The molecule has 11 heteroatoms. The Morgan fingerprint density at radius 1 is 1.13 bits per heavy atom. The van der Waals surface area contributed by atoms with Crippen LogP contribution in [0.4, 0.5) is 11.6 Å². The van der Waals surface area contributed by atoms with Crippen molar-refractivity contribution in [3.05, 3.63) is 64.7 Å². The van der Waals surface area contributed by atoms with Gasteiger partial charge < -0.3 is 14.8 Å². The topological polar surface area (TPSA) is 91.1 Å². The number of fused-ring (bicyclic) bond motifs is 2. The standard InChI is InChI=1S/C27H30ClN9S/c1-16-10-12-36(13-22(16)35(4)24-21-9-11-29-23(21)30-15-31-24)25-17(2)18(3)32-26-33-27(34-37(25)26)38-14-19-5-7-20(28)8-6-19/h5-9,11,15-16,22H,10,12-14H2,1-4H3,(H,29,30,31)/t16-,22+/m1/s1. The normalized spacial score (nSPS) is 18.0. The summed E-state index contributed by atoms with van der Waals surface area (Å²) in [5.41, 5.74) is 4.14. The van der Waals surface area contributed by atoms with Crippen LogP contribution in [0.5, 0.6) is 0 Å². The number of benzene rings is 1. The Balaban J connectivity index is 1.30. The number of aromatic nitrogens is 7. The van der Waals surface area contributed by atoms with Crippen molar-refractivity contribution in [2.24, 2.45) is 5.92 Å². The van der Waals surface area contributed by atoms with Crippen molar-refractivity contribution in [2.45, 2.75) is 44.1 Å². The Morgan fingerprint density at radius 2 is 1.95 bits per heavy atom. The molecular formula is C27H30ClN9S.